The number of hydrogen-bond acceptors (Lipinski definition) is 2. The molecule has 2 atom stereocenters. The van der Waals surface area contributed by atoms with Crippen molar-refractivity contribution in [2.45, 2.75) is 117 Å². The quantitative estimate of drug-likeness (QED) is 0.267. The third-order valence-corrected chi connectivity index (χ3v) is 5.76. The number of nitrogens with two attached hydrogens (primary N) is 2. The third kappa shape index (κ3) is 15.4. The van der Waals surface area contributed by atoms with Crippen LogP contribution >= 0.6 is 0 Å². The normalized spacial score (nSPS) is 14.0. The van der Waals surface area contributed by atoms with Gasteiger partial charge in [-0.25, -0.2) is 0 Å². The van der Waals surface area contributed by atoms with Crippen LogP contribution in [0, 0.1) is 11.8 Å². The molecule has 0 amide bonds. The third-order valence-electron chi connectivity index (χ3n) is 5.76. The molecule has 0 spiro atoms. The lowest BCUT2D eigenvalue weighted by molar-refractivity contribution is 0.363. The lowest BCUT2D eigenvalue weighted by Crippen LogP contribution is -2.03. The first kappa shape index (κ1) is 23.9. The van der Waals surface area contributed by atoms with Crippen molar-refractivity contribution in [3.63, 3.8) is 0 Å². The van der Waals surface area contributed by atoms with Gasteiger partial charge in [0.2, 0.25) is 0 Å². The van der Waals surface area contributed by atoms with E-state index in [1.165, 1.54) is 103 Å². The molecule has 2 heteroatoms. The Bertz CT molecular complexity index is 230. The molecule has 0 radical (unpaired) electrons. The van der Waals surface area contributed by atoms with Gasteiger partial charge in [-0.2, -0.15) is 0 Å². The van der Waals surface area contributed by atoms with Gasteiger partial charge in [-0.15, -0.1) is 0 Å². The van der Waals surface area contributed by atoms with Crippen LogP contribution in [0.1, 0.15) is 117 Å². The van der Waals surface area contributed by atoms with E-state index in [4.69, 9.17) is 11.5 Å². The second-order valence-electron chi connectivity index (χ2n) is 7.82. The molecule has 24 heavy (non-hydrogen) atoms. The second-order valence-corrected chi connectivity index (χ2v) is 7.82. The van der Waals surface area contributed by atoms with Crippen molar-refractivity contribution in [1.29, 1.82) is 0 Å². The zero-order chi connectivity index (χ0) is 17.9. The minimum Gasteiger partial charge on any atom is -0.330 e. The van der Waals surface area contributed by atoms with Gasteiger partial charge in [0, 0.05) is 0 Å². The van der Waals surface area contributed by atoms with E-state index in [-0.39, 0.29) is 0 Å². The van der Waals surface area contributed by atoms with Crippen molar-refractivity contribution in [3.8, 4) is 0 Å². The lowest BCUT2D eigenvalue weighted by Gasteiger charge is -2.17. The Hall–Kier alpha value is -0.0800. The van der Waals surface area contributed by atoms with Crippen LogP contribution in [0.15, 0.2) is 0 Å². The van der Waals surface area contributed by atoms with E-state index in [0.717, 1.165) is 24.9 Å². The van der Waals surface area contributed by atoms with E-state index in [2.05, 4.69) is 13.8 Å². The van der Waals surface area contributed by atoms with Gasteiger partial charge >= 0.3 is 0 Å². The first-order chi connectivity index (χ1) is 11.8. The van der Waals surface area contributed by atoms with Gasteiger partial charge in [0.05, 0.1) is 0 Å². The van der Waals surface area contributed by atoms with Crippen LogP contribution in [-0.2, 0) is 0 Å². The van der Waals surface area contributed by atoms with Gasteiger partial charge in [-0.1, -0.05) is 104 Å². The molecule has 146 valence electrons. The summed E-state index contributed by atoms with van der Waals surface area (Å²) in [6, 6.07) is 0. The van der Waals surface area contributed by atoms with E-state index in [9.17, 15) is 0 Å². The molecule has 0 saturated carbocycles. The van der Waals surface area contributed by atoms with Gasteiger partial charge in [-0.3, -0.25) is 0 Å². The largest absolute Gasteiger partial charge is 0.330 e. The summed E-state index contributed by atoms with van der Waals surface area (Å²) in [5, 5.41) is 0. The van der Waals surface area contributed by atoms with Crippen molar-refractivity contribution in [2.75, 3.05) is 13.1 Å². The molecule has 0 aromatic rings. The van der Waals surface area contributed by atoms with E-state index in [1.54, 1.807) is 0 Å². The molecule has 0 aliphatic carbocycles. The molecule has 0 saturated heterocycles. The summed E-state index contributed by atoms with van der Waals surface area (Å²) in [6.45, 7) is 6.48. The minimum absolute atomic E-state index is 0.863. The lowest BCUT2D eigenvalue weighted by atomic mass is 9.89. The summed E-state index contributed by atoms with van der Waals surface area (Å²) in [5.74, 6) is 1.94. The van der Waals surface area contributed by atoms with Crippen LogP contribution in [0.3, 0.4) is 0 Å². The van der Waals surface area contributed by atoms with E-state index < -0.39 is 0 Å². The fourth-order valence-corrected chi connectivity index (χ4v) is 3.83. The Morgan fingerprint density at radius 2 is 0.750 bits per heavy atom. The maximum Gasteiger partial charge on any atom is -0.00773 e. The Morgan fingerprint density at radius 1 is 0.458 bits per heavy atom. The van der Waals surface area contributed by atoms with Crippen molar-refractivity contribution in [3.05, 3.63) is 0 Å². The molecule has 0 aliphatic heterocycles. The van der Waals surface area contributed by atoms with Crippen molar-refractivity contribution >= 4 is 0 Å². The Kier molecular flexibility index (Phi) is 19.2. The van der Waals surface area contributed by atoms with Crippen LogP contribution in [0.4, 0.5) is 0 Å². The number of unbranched alkanes of at least 4 members (excludes halogenated alkanes) is 7. The average molecular weight is 341 g/mol. The summed E-state index contributed by atoms with van der Waals surface area (Å²) in [7, 11) is 0. The SMILES string of the molecule is CCC(CCCCCN)CCCCC(CC)CCCCCCCN. The van der Waals surface area contributed by atoms with Crippen LogP contribution < -0.4 is 11.5 Å². The standard InChI is InChI=1S/C22H48N2/c1-3-21(15-9-6-5-7-13-19-23)17-11-12-18-22(4-2)16-10-8-14-20-24/h21-22H,3-20,23-24H2,1-2H3. The van der Waals surface area contributed by atoms with Gasteiger partial charge in [0.1, 0.15) is 0 Å². The van der Waals surface area contributed by atoms with Gasteiger partial charge in [0.15, 0.2) is 0 Å². The maximum absolute atomic E-state index is 5.58. The summed E-state index contributed by atoms with van der Waals surface area (Å²) < 4.78 is 0. The highest BCUT2D eigenvalue weighted by Gasteiger charge is 2.09. The molecular formula is C22H48N2. The van der Waals surface area contributed by atoms with Crippen molar-refractivity contribution in [2.24, 2.45) is 23.3 Å². The molecule has 2 nitrogen and oxygen atoms in total. The summed E-state index contributed by atoms with van der Waals surface area (Å²) in [5.41, 5.74) is 11.1. The van der Waals surface area contributed by atoms with E-state index >= 15 is 0 Å². The monoisotopic (exact) mass is 340 g/mol. The molecule has 4 N–H and O–H groups in total. The van der Waals surface area contributed by atoms with Gasteiger partial charge < -0.3 is 11.5 Å². The topological polar surface area (TPSA) is 52.0 Å². The smallest absolute Gasteiger partial charge is 0.00773 e. The summed E-state index contributed by atoms with van der Waals surface area (Å²) >= 11 is 0. The Morgan fingerprint density at radius 3 is 1.12 bits per heavy atom. The highest BCUT2D eigenvalue weighted by Crippen LogP contribution is 2.24. The summed E-state index contributed by atoms with van der Waals surface area (Å²) in [6.07, 6.45) is 22.1. The van der Waals surface area contributed by atoms with E-state index in [1.807, 2.05) is 0 Å². The molecule has 0 aliphatic rings. The van der Waals surface area contributed by atoms with Crippen LogP contribution in [0.25, 0.3) is 0 Å². The average Bonchev–Trinajstić information content (AvgIpc) is 2.61. The number of rotatable bonds is 19. The van der Waals surface area contributed by atoms with Crippen LogP contribution in [0.2, 0.25) is 0 Å². The van der Waals surface area contributed by atoms with Gasteiger partial charge in [0.25, 0.3) is 0 Å². The predicted octanol–water partition coefficient (Wildman–Crippen LogP) is 6.42. The van der Waals surface area contributed by atoms with Crippen molar-refractivity contribution < 1.29 is 0 Å². The highest BCUT2D eigenvalue weighted by molar-refractivity contribution is 4.62. The van der Waals surface area contributed by atoms with Crippen LogP contribution in [-0.4, -0.2) is 13.1 Å². The Labute approximate surface area is 153 Å². The van der Waals surface area contributed by atoms with Gasteiger partial charge in [-0.05, 0) is 37.8 Å². The van der Waals surface area contributed by atoms with Crippen molar-refractivity contribution in [1.82, 2.24) is 0 Å². The molecule has 0 aromatic heterocycles. The molecular weight excluding hydrogens is 292 g/mol. The first-order valence-corrected chi connectivity index (χ1v) is 11.2. The minimum atomic E-state index is 0.863. The second kappa shape index (κ2) is 19.2. The first-order valence-electron chi connectivity index (χ1n) is 11.2. The summed E-state index contributed by atoms with van der Waals surface area (Å²) in [4.78, 5) is 0. The predicted molar refractivity (Wildman–Crippen MR) is 110 cm³/mol. The maximum atomic E-state index is 5.58. The Balaban J connectivity index is 3.58. The zero-order valence-corrected chi connectivity index (χ0v) is 17.0. The molecule has 0 aromatic carbocycles. The zero-order valence-electron chi connectivity index (χ0n) is 17.0. The molecule has 0 fully saturated rings. The van der Waals surface area contributed by atoms with E-state index in [0.29, 0.717) is 0 Å². The molecule has 0 rings (SSSR count). The fourth-order valence-electron chi connectivity index (χ4n) is 3.83. The fraction of sp³-hybridized carbons (Fsp3) is 1.00. The number of hydrogen-bond donors (Lipinski definition) is 2. The molecule has 2 unspecified atom stereocenters. The van der Waals surface area contributed by atoms with Crippen LogP contribution in [0.5, 0.6) is 0 Å². The molecule has 0 heterocycles. The highest BCUT2D eigenvalue weighted by atomic mass is 14.5. The molecule has 0 bridgehead atoms.